The second kappa shape index (κ2) is 10.4. The van der Waals surface area contributed by atoms with Crippen molar-refractivity contribution in [3.05, 3.63) is 22.8 Å². The van der Waals surface area contributed by atoms with Gasteiger partial charge in [0.05, 0.1) is 0 Å². The zero-order valence-electron chi connectivity index (χ0n) is 8.13. The fourth-order valence-electron chi connectivity index (χ4n) is 0.387. The van der Waals surface area contributed by atoms with Gasteiger partial charge in [0.25, 0.3) is 0 Å². The number of anilines is 1. The number of pyridine rings is 1. The van der Waals surface area contributed by atoms with Gasteiger partial charge in [-0.2, -0.15) is 0 Å². The van der Waals surface area contributed by atoms with Crippen LogP contribution in [0.3, 0.4) is 0 Å². The third-order valence-corrected chi connectivity index (χ3v) is 1.22. The number of nitrogen functional groups attached to an aromatic ring is 1. The first-order chi connectivity index (χ1) is 5.79. The van der Waals surface area contributed by atoms with E-state index in [1.54, 1.807) is 12.3 Å². The summed E-state index contributed by atoms with van der Waals surface area (Å²) >= 11 is 3.23. The van der Waals surface area contributed by atoms with Gasteiger partial charge in [0, 0.05) is 10.7 Å². The quantitative estimate of drug-likeness (QED) is 0.745. The number of aromatic nitrogens is 1. The summed E-state index contributed by atoms with van der Waals surface area (Å²) in [5.41, 5.74) is 5.29. The van der Waals surface area contributed by atoms with E-state index in [1.165, 1.54) is 0 Å². The lowest BCUT2D eigenvalue weighted by molar-refractivity contribution is 1.32. The maximum atomic E-state index is 5.29. The van der Waals surface area contributed by atoms with E-state index >= 15 is 0 Å². The van der Waals surface area contributed by atoms with Crippen molar-refractivity contribution in [1.82, 2.24) is 4.98 Å². The number of hydrogen-bond donors (Lipinski definition) is 1. The van der Waals surface area contributed by atoms with Crippen LogP contribution in [0, 0.1) is 0 Å². The van der Waals surface area contributed by atoms with Gasteiger partial charge in [-0.15, -0.1) is 0 Å². The van der Waals surface area contributed by atoms with Crippen LogP contribution in [0.25, 0.3) is 0 Å². The Labute approximate surface area is 83.3 Å². The summed E-state index contributed by atoms with van der Waals surface area (Å²) in [5.74, 6) is 0.549. The summed E-state index contributed by atoms with van der Waals surface area (Å²) < 4.78 is 0.951. The molecular weight excluding hydrogens is 216 g/mol. The van der Waals surface area contributed by atoms with Crippen molar-refractivity contribution in [3.8, 4) is 0 Å². The minimum absolute atomic E-state index is 0.549. The lowest BCUT2D eigenvalue weighted by Crippen LogP contribution is -1.86. The van der Waals surface area contributed by atoms with Crippen molar-refractivity contribution in [2.24, 2.45) is 0 Å². The largest absolute Gasteiger partial charge is 0.384 e. The maximum Gasteiger partial charge on any atom is 0.123 e. The summed E-state index contributed by atoms with van der Waals surface area (Å²) in [6.45, 7) is 8.00. The molecule has 0 saturated heterocycles. The average Bonchev–Trinajstić information content (AvgIpc) is 2.17. The Bertz CT molecular complexity index is 151. The molecule has 0 bridgehead atoms. The van der Waals surface area contributed by atoms with Crippen LogP contribution in [-0.4, -0.2) is 4.98 Å². The third-order valence-electron chi connectivity index (χ3n) is 0.750. The predicted molar refractivity (Wildman–Crippen MR) is 59.0 cm³/mol. The van der Waals surface area contributed by atoms with Crippen LogP contribution >= 0.6 is 15.9 Å². The number of nitrogens with two attached hydrogens (primary N) is 1. The van der Waals surface area contributed by atoms with Gasteiger partial charge in [-0.05, 0) is 28.1 Å². The molecule has 1 aromatic heterocycles. The lowest BCUT2D eigenvalue weighted by atomic mass is 10.5. The molecule has 1 rings (SSSR count). The zero-order valence-corrected chi connectivity index (χ0v) is 9.72. The standard InChI is InChI=1S/C5H5BrN2.2C2H6/c6-4-1-2-5(7)8-3-4;2*1-2/h1-3H,(H2,7,8);2*1-2H3. The summed E-state index contributed by atoms with van der Waals surface area (Å²) in [6.07, 6.45) is 1.66. The summed E-state index contributed by atoms with van der Waals surface area (Å²) in [6, 6.07) is 3.59. The van der Waals surface area contributed by atoms with E-state index in [0.717, 1.165) is 4.47 Å². The fraction of sp³-hybridized carbons (Fsp3) is 0.444. The first kappa shape index (κ1) is 14.0. The van der Waals surface area contributed by atoms with Gasteiger partial charge in [-0.1, -0.05) is 27.7 Å². The highest BCUT2D eigenvalue weighted by Gasteiger charge is 1.83. The molecule has 3 heteroatoms. The van der Waals surface area contributed by atoms with E-state index in [1.807, 2.05) is 33.8 Å². The smallest absolute Gasteiger partial charge is 0.123 e. The molecule has 2 nitrogen and oxygen atoms in total. The highest BCUT2D eigenvalue weighted by molar-refractivity contribution is 9.10. The Balaban J connectivity index is 0. The van der Waals surface area contributed by atoms with Crippen LogP contribution < -0.4 is 5.73 Å². The van der Waals surface area contributed by atoms with Crippen molar-refractivity contribution >= 4 is 21.7 Å². The SMILES string of the molecule is CC.CC.Nc1ccc(Br)cn1. The highest BCUT2D eigenvalue weighted by atomic mass is 79.9. The molecule has 1 aromatic rings. The molecule has 0 aliphatic carbocycles. The average molecular weight is 233 g/mol. The molecule has 12 heavy (non-hydrogen) atoms. The molecule has 0 unspecified atom stereocenters. The molecule has 0 aliphatic rings. The van der Waals surface area contributed by atoms with Crippen molar-refractivity contribution < 1.29 is 0 Å². The van der Waals surface area contributed by atoms with Gasteiger partial charge >= 0.3 is 0 Å². The molecule has 0 fully saturated rings. The Morgan fingerprint density at radius 3 is 1.92 bits per heavy atom. The second-order valence-electron chi connectivity index (χ2n) is 1.40. The van der Waals surface area contributed by atoms with E-state index in [2.05, 4.69) is 20.9 Å². The molecule has 0 radical (unpaired) electrons. The van der Waals surface area contributed by atoms with Gasteiger partial charge in [0.2, 0.25) is 0 Å². The highest BCUT2D eigenvalue weighted by Crippen LogP contribution is 2.07. The van der Waals surface area contributed by atoms with Crippen LogP contribution in [0.4, 0.5) is 5.82 Å². The minimum Gasteiger partial charge on any atom is -0.384 e. The monoisotopic (exact) mass is 232 g/mol. The van der Waals surface area contributed by atoms with E-state index in [4.69, 9.17) is 5.73 Å². The molecular formula is C9H17BrN2. The normalized spacial score (nSPS) is 7.08. The second-order valence-corrected chi connectivity index (χ2v) is 2.32. The number of halogens is 1. The Hall–Kier alpha value is -0.570. The van der Waals surface area contributed by atoms with Gasteiger partial charge in [-0.3, -0.25) is 0 Å². The Morgan fingerprint density at radius 1 is 1.17 bits per heavy atom. The van der Waals surface area contributed by atoms with Crippen molar-refractivity contribution in [2.75, 3.05) is 5.73 Å². The van der Waals surface area contributed by atoms with Crippen LogP contribution in [0.5, 0.6) is 0 Å². The van der Waals surface area contributed by atoms with E-state index in [9.17, 15) is 0 Å². The van der Waals surface area contributed by atoms with Crippen LogP contribution in [-0.2, 0) is 0 Å². The molecule has 0 amide bonds. The summed E-state index contributed by atoms with van der Waals surface area (Å²) in [5, 5.41) is 0. The Morgan fingerprint density at radius 2 is 1.67 bits per heavy atom. The maximum absolute atomic E-state index is 5.29. The minimum atomic E-state index is 0.549. The third kappa shape index (κ3) is 7.54. The van der Waals surface area contributed by atoms with Crippen LogP contribution in [0.1, 0.15) is 27.7 Å². The first-order valence-corrected chi connectivity index (χ1v) is 4.95. The number of nitrogens with zero attached hydrogens (tertiary/aromatic N) is 1. The predicted octanol–water partition coefficient (Wildman–Crippen LogP) is 3.48. The first-order valence-electron chi connectivity index (χ1n) is 4.16. The molecule has 2 N–H and O–H groups in total. The van der Waals surface area contributed by atoms with Gasteiger partial charge < -0.3 is 5.73 Å². The zero-order chi connectivity index (χ0) is 9.98. The van der Waals surface area contributed by atoms with Crippen molar-refractivity contribution in [1.29, 1.82) is 0 Å². The van der Waals surface area contributed by atoms with Gasteiger partial charge in [-0.25, -0.2) is 4.98 Å². The Kier molecular flexibility index (Phi) is 12.2. The number of rotatable bonds is 0. The molecule has 0 atom stereocenters. The van der Waals surface area contributed by atoms with E-state index in [0.29, 0.717) is 5.82 Å². The van der Waals surface area contributed by atoms with Gasteiger partial charge in [0.1, 0.15) is 5.82 Å². The number of hydrogen-bond acceptors (Lipinski definition) is 2. The molecule has 0 spiro atoms. The topological polar surface area (TPSA) is 38.9 Å². The van der Waals surface area contributed by atoms with E-state index in [-0.39, 0.29) is 0 Å². The van der Waals surface area contributed by atoms with Crippen molar-refractivity contribution in [3.63, 3.8) is 0 Å². The molecule has 0 saturated carbocycles. The molecule has 0 aromatic carbocycles. The van der Waals surface area contributed by atoms with Crippen molar-refractivity contribution in [2.45, 2.75) is 27.7 Å². The van der Waals surface area contributed by atoms with E-state index < -0.39 is 0 Å². The van der Waals surface area contributed by atoms with Crippen LogP contribution in [0.15, 0.2) is 22.8 Å². The molecule has 70 valence electrons. The summed E-state index contributed by atoms with van der Waals surface area (Å²) in [4.78, 5) is 3.81. The molecule has 1 heterocycles. The van der Waals surface area contributed by atoms with Crippen LogP contribution in [0.2, 0.25) is 0 Å². The lowest BCUT2D eigenvalue weighted by Gasteiger charge is -1.88. The van der Waals surface area contributed by atoms with Gasteiger partial charge in [0.15, 0.2) is 0 Å². The fourth-order valence-corrected chi connectivity index (χ4v) is 0.622. The summed E-state index contributed by atoms with van der Waals surface area (Å²) in [7, 11) is 0. The molecule has 0 aliphatic heterocycles.